The molecule has 0 atom stereocenters. The molecule has 43 heavy (non-hydrogen) atoms. The number of nitrogens with zero attached hydrogens (tertiary/aromatic N) is 3. The van der Waals surface area contributed by atoms with Crippen LogP contribution in [0, 0.1) is 0 Å². The van der Waals surface area contributed by atoms with Crippen molar-refractivity contribution in [3.63, 3.8) is 0 Å². The van der Waals surface area contributed by atoms with Crippen molar-refractivity contribution < 1.29 is 27.8 Å². The zero-order valence-electron chi connectivity index (χ0n) is 23.7. The number of thioether (sulfide) groups is 1. The van der Waals surface area contributed by atoms with E-state index in [-0.39, 0.29) is 30.3 Å². The summed E-state index contributed by atoms with van der Waals surface area (Å²) < 4.78 is 45.0. The summed E-state index contributed by atoms with van der Waals surface area (Å²) in [6, 6.07) is 11.2. The highest BCUT2D eigenvalue weighted by atomic mass is 32.2. The van der Waals surface area contributed by atoms with E-state index >= 15 is 0 Å². The molecule has 0 bridgehead atoms. The minimum atomic E-state index is -4.36. The largest absolute Gasteiger partial charge is 0.508 e. The second-order valence-corrected chi connectivity index (χ2v) is 12.1. The van der Waals surface area contributed by atoms with Gasteiger partial charge in [0.15, 0.2) is 5.16 Å². The van der Waals surface area contributed by atoms with Gasteiger partial charge in [-0.25, -0.2) is 4.98 Å². The van der Waals surface area contributed by atoms with Crippen LogP contribution < -0.4 is 15.6 Å². The summed E-state index contributed by atoms with van der Waals surface area (Å²) in [4.78, 5) is 33.3. The first-order valence-electron chi connectivity index (χ1n) is 14.6. The van der Waals surface area contributed by atoms with Gasteiger partial charge in [-0.1, -0.05) is 24.2 Å². The fourth-order valence-electron chi connectivity index (χ4n) is 5.01. The maximum atomic E-state index is 13.8. The van der Waals surface area contributed by atoms with Gasteiger partial charge >= 0.3 is 6.18 Å². The fraction of sp³-hybridized carbons (Fsp3) is 0.452. The molecule has 1 aliphatic carbocycles. The fourth-order valence-corrected chi connectivity index (χ4v) is 6.33. The van der Waals surface area contributed by atoms with Gasteiger partial charge < -0.3 is 20.1 Å². The number of alkyl halides is 3. The zero-order valence-corrected chi connectivity index (χ0v) is 24.6. The molecule has 1 aliphatic heterocycles. The number of carbonyl (C=O) groups excluding carboxylic acids is 1. The van der Waals surface area contributed by atoms with Crippen LogP contribution in [-0.2, 0) is 23.9 Å². The Morgan fingerprint density at radius 2 is 1.91 bits per heavy atom. The number of fused-ring (bicyclic) bond motifs is 1. The molecular formula is C31H35F3N4O4S. The molecule has 1 aromatic heterocycles. The molecule has 12 heteroatoms. The Labute approximate surface area is 252 Å². The van der Waals surface area contributed by atoms with Gasteiger partial charge in [0.25, 0.3) is 5.56 Å². The van der Waals surface area contributed by atoms with E-state index in [9.17, 15) is 27.9 Å². The number of unbranched alkanes of at least 4 members (excludes halogenated alkanes) is 2. The first kappa shape index (κ1) is 30.9. The van der Waals surface area contributed by atoms with Crippen LogP contribution in [0.4, 0.5) is 13.2 Å². The van der Waals surface area contributed by atoms with Crippen molar-refractivity contribution in [1.82, 2.24) is 19.8 Å². The van der Waals surface area contributed by atoms with Crippen molar-refractivity contribution in [3.05, 3.63) is 75.7 Å². The summed E-state index contributed by atoms with van der Waals surface area (Å²) in [6.45, 7) is 1.86. The van der Waals surface area contributed by atoms with E-state index in [2.05, 4.69) is 5.32 Å². The molecule has 0 saturated heterocycles. The average Bonchev–Trinajstić information content (AvgIpc) is 2.96. The molecule has 230 valence electrons. The summed E-state index contributed by atoms with van der Waals surface area (Å²) in [5.74, 6) is 0.376. The number of halogens is 3. The third-order valence-electron chi connectivity index (χ3n) is 7.69. The van der Waals surface area contributed by atoms with Gasteiger partial charge in [0, 0.05) is 24.3 Å². The number of aromatic hydroxyl groups is 1. The first-order chi connectivity index (χ1) is 20.7. The highest BCUT2D eigenvalue weighted by molar-refractivity contribution is 7.99. The van der Waals surface area contributed by atoms with Gasteiger partial charge in [-0.2, -0.15) is 13.2 Å². The molecule has 2 heterocycles. The number of phenolic OH excluding ortho intramolecular Hbond substituents is 1. The van der Waals surface area contributed by atoms with E-state index in [4.69, 9.17) is 9.72 Å². The van der Waals surface area contributed by atoms with E-state index in [0.29, 0.717) is 53.5 Å². The van der Waals surface area contributed by atoms with Crippen LogP contribution in [0.2, 0.25) is 0 Å². The van der Waals surface area contributed by atoms with Crippen molar-refractivity contribution in [2.24, 2.45) is 0 Å². The number of phenols is 1. The Hall–Kier alpha value is -3.51. The molecule has 3 aromatic rings. The maximum absolute atomic E-state index is 13.8. The molecule has 2 aliphatic rings. The van der Waals surface area contributed by atoms with Crippen LogP contribution in [0.15, 0.2) is 58.5 Å². The molecule has 1 fully saturated rings. The highest BCUT2D eigenvalue weighted by Crippen LogP contribution is 2.36. The number of amides is 1. The second-order valence-electron chi connectivity index (χ2n) is 10.8. The van der Waals surface area contributed by atoms with Gasteiger partial charge in [0.2, 0.25) is 5.91 Å². The molecule has 5 rings (SSSR count). The number of rotatable bonds is 12. The molecule has 0 spiro atoms. The molecule has 2 aromatic carbocycles. The topological polar surface area (TPSA) is 96.7 Å². The van der Waals surface area contributed by atoms with E-state index in [1.807, 2.05) is 0 Å². The molecule has 0 unspecified atom stereocenters. The number of nitrogens with one attached hydrogen (secondary N) is 1. The molecule has 1 saturated carbocycles. The van der Waals surface area contributed by atoms with Crippen LogP contribution in [0.3, 0.4) is 0 Å². The third-order valence-corrected chi connectivity index (χ3v) is 8.98. The lowest BCUT2D eigenvalue weighted by Crippen LogP contribution is -2.44. The van der Waals surface area contributed by atoms with E-state index in [1.54, 1.807) is 45.5 Å². The lowest BCUT2D eigenvalue weighted by Gasteiger charge is -2.30. The number of carbonyl (C=O) groups is 1. The average molecular weight is 617 g/mol. The van der Waals surface area contributed by atoms with Crippen molar-refractivity contribution in [2.45, 2.75) is 68.1 Å². The summed E-state index contributed by atoms with van der Waals surface area (Å²) in [6.07, 6.45) is 1.87. The van der Waals surface area contributed by atoms with Crippen molar-refractivity contribution in [2.75, 3.05) is 26.2 Å². The standard InChI is InChI=1S/C31H35F3N4O4S/c32-31(33,34)21-10-12-24(13-11-21)42-17-3-1-2-15-35-19-28(40)37-16-14-27-26(20-37)29(41)38(22-6-4-7-23(39)18-22)30(36-27)43-25-8-5-9-25/h4,6-7,10-13,18,25,35,39H,1-3,5,8-9,14-17,19-20H2. The van der Waals surface area contributed by atoms with Crippen LogP contribution >= 0.6 is 11.8 Å². The van der Waals surface area contributed by atoms with Gasteiger partial charge in [0.1, 0.15) is 11.5 Å². The lowest BCUT2D eigenvalue weighted by molar-refractivity contribution is -0.137. The minimum absolute atomic E-state index is 0.0660. The Balaban J connectivity index is 1.09. The van der Waals surface area contributed by atoms with Crippen LogP contribution in [0.25, 0.3) is 5.69 Å². The van der Waals surface area contributed by atoms with Crippen LogP contribution in [-0.4, -0.2) is 57.0 Å². The summed E-state index contributed by atoms with van der Waals surface area (Å²) in [5, 5.41) is 14.3. The normalized spacial score (nSPS) is 15.2. The smallest absolute Gasteiger partial charge is 0.416 e. The molecule has 8 nitrogen and oxygen atoms in total. The highest BCUT2D eigenvalue weighted by Gasteiger charge is 2.30. The number of aromatic nitrogens is 2. The Morgan fingerprint density at radius 3 is 2.60 bits per heavy atom. The van der Waals surface area contributed by atoms with Gasteiger partial charge in [-0.3, -0.25) is 14.2 Å². The Kier molecular flexibility index (Phi) is 9.97. The lowest BCUT2D eigenvalue weighted by atomic mass is 10.0. The van der Waals surface area contributed by atoms with Gasteiger partial charge in [-0.05, 0) is 75.0 Å². The van der Waals surface area contributed by atoms with Crippen LogP contribution in [0.5, 0.6) is 11.5 Å². The predicted molar refractivity (Wildman–Crippen MR) is 158 cm³/mol. The third kappa shape index (κ3) is 7.91. The molecule has 0 radical (unpaired) electrons. The Bertz CT molecular complexity index is 1480. The quantitative estimate of drug-likeness (QED) is 0.210. The van der Waals surface area contributed by atoms with Gasteiger partial charge in [-0.15, -0.1) is 0 Å². The SMILES string of the molecule is O=C(CNCCCCCOc1ccc(C(F)(F)F)cc1)N1CCc2nc(SC3CCC3)n(-c3cccc(O)c3)c(=O)c2C1. The maximum Gasteiger partial charge on any atom is 0.416 e. The van der Waals surface area contributed by atoms with Crippen molar-refractivity contribution >= 4 is 17.7 Å². The molecule has 1 amide bonds. The van der Waals surface area contributed by atoms with E-state index in [1.165, 1.54) is 18.6 Å². The number of hydrogen-bond acceptors (Lipinski definition) is 7. The van der Waals surface area contributed by atoms with E-state index in [0.717, 1.165) is 49.9 Å². The minimum Gasteiger partial charge on any atom is -0.508 e. The summed E-state index contributed by atoms with van der Waals surface area (Å²) in [5.41, 5.74) is 0.884. The number of benzene rings is 2. The van der Waals surface area contributed by atoms with E-state index < -0.39 is 11.7 Å². The number of hydrogen-bond donors (Lipinski definition) is 2. The summed E-state index contributed by atoms with van der Waals surface area (Å²) >= 11 is 1.61. The molecule has 2 N–H and O–H groups in total. The monoisotopic (exact) mass is 616 g/mol. The Morgan fingerprint density at radius 1 is 1.12 bits per heavy atom. The zero-order chi connectivity index (χ0) is 30.4. The summed E-state index contributed by atoms with van der Waals surface area (Å²) in [7, 11) is 0. The second kappa shape index (κ2) is 13.9. The predicted octanol–water partition coefficient (Wildman–Crippen LogP) is 5.33. The van der Waals surface area contributed by atoms with Crippen molar-refractivity contribution in [3.8, 4) is 17.2 Å². The van der Waals surface area contributed by atoms with Crippen molar-refractivity contribution in [1.29, 1.82) is 0 Å². The first-order valence-corrected chi connectivity index (χ1v) is 15.5. The van der Waals surface area contributed by atoms with Crippen LogP contribution in [0.1, 0.15) is 55.3 Å². The van der Waals surface area contributed by atoms with Gasteiger partial charge in [0.05, 0.1) is 42.2 Å². The molecular weight excluding hydrogens is 581 g/mol. The number of ether oxygens (including phenoxy) is 1.